The lowest BCUT2D eigenvalue weighted by Crippen LogP contribution is -2.33. The van der Waals surface area contributed by atoms with Gasteiger partial charge in [-0.15, -0.1) is 0 Å². The van der Waals surface area contributed by atoms with Crippen LogP contribution in [-0.2, 0) is 9.47 Å². The molecule has 5 nitrogen and oxygen atoms in total. The van der Waals surface area contributed by atoms with Crippen molar-refractivity contribution in [2.75, 3.05) is 0 Å². The number of hydrogen-bond donors (Lipinski definition) is 2. The van der Waals surface area contributed by atoms with Crippen molar-refractivity contribution in [2.45, 2.75) is 70.6 Å². The summed E-state index contributed by atoms with van der Waals surface area (Å²) in [7, 11) is 0. The molecule has 2 N–H and O–H groups in total. The molecule has 23 heavy (non-hydrogen) atoms. The Bertz CT molecular complexity index is 552. The van der Waals surface area contributed by atoms with E-state index in [0.717, 1.165) is 32.1 Å². The van der Waals surface area contributed by atoms with E-state index in [1.165, 1.54) is 6.07 Å². The number of aromatic hydroxyl groups is 1. The van der Waals surface area contributed by atoms with Gasteiger partial charge in [-0.2, -0.15) is 5.26 Å². The van der Waals surface area contributed by atoms with E-state index in [2.05, 4.69) is 13.0 Å². The van der Waals surface area contributed by atoms with Gasteiger partial charge >= 0.3 is 0 Å². The lowest BCUT2D eigenvalue weighted by Gasteiger charge is -2.36. The van der Waals surface area contributed by atoms with Gasteiger partial charge in [0.05, 0.1) is 35.5 Å². The van der Waals surface area contributed by atoms with Gasteiger partial charge in [0.1, 0.15) is 5.75 Å². The van der Waals surface area contributed by atoms with Crippen molar-refractivity contribution in [2.24, 2.45) is 0 Å². The molecule has 0 saturated carbocycles. The Balaban J connectivity index is 2.10. The molecule has 0 radical (unpaired) electrons. The van der Waals surface area contributed by atoms with Gasteiger partial charge in [0, 0.05) is 6.42 Å². The van der Waals surface area contributed by atoms with Crippen molar-refractivity contribution in [1.82, 2.24) is 0 Å². The van der Waals surface area contributed by atoms with E-state index in [9.17, 15) is 10.2 Å². The molecule has 1 saturated heterocycles. The molecule has 0 spiro atoms. The van der Waals surface area contributed by atoms with Crippen LogP contribution in [-0.4, -0.2) is 28.5 Å². The fraction of sp³-hybridized carbons (Fsp3) is 0.611. The number of aliphatic hydroxyl groups is 1. The fourth-order valence-corrected chi connectivity index (χ4v) is 2.84. The maximum atomic E-state index is 10.1. The van der Waals surface area contributed by atoms with Crippen LogP contribution in [0, 0.1) is 11.3 Å². The largest absolute Gasteiger partial charge is 0.507 e. The Morgan fingerprint density at radius 1 is 1.35 bits per heavy atom. The number of hydrogen-bond acceptors (Lipinski definition) is 5. The number of benzene rings is 1. The van der Waals surface area contributed by atoms with Gasteiger partial charge in [0.25, 0.3) is 0 Å². The van der Waals surface area contributed by atoms with E-state index in [1.807, 2.05) is 0 Å². The van der Waals surface area contributed by atoms with Crippen LogP contribution in [0.2, 0.25) is 0 Å². The quantitative estimate of drug-likeness (QED) is 0.839. The Kier molecular flexibility index (Phi) is 6.40. The topological polar surface area (TPSA) is 82.7 Å². The molecule has 1 aliphatic rings. The van der Waals surface area contributed by atoms with Gasteiger partial charge in [-0.3, -0.25) is 0 Å². The molecule has 1 aliphatic heterocycles. The standard InChI is InChI=1S/C18H25NO4/c1-3-14-10-15(6-4-5-12(2)20)23-18(22-14)16-9-13(11-19)7-8-17(16)21/h7-9,12,14-15,18,20-21H,3-6,10H2,1-2H3/t12-,14?,15?,18?/m0/s1. The van der Waals surface area contributed by atoms with Crippen LogP contribution in [0.5, 0.6) is 5.75 Å². The average Bonchev–Trinajstić information content (AvgIpc) is 2.54. The predicted molar refractivity (Wildman–Crippen MR) is 85.7 cm³/mol. The molecule has 1 heterocycles. The number of nitrogens with zero attached hydrogens (tertiary/aromatic N) is 1. The number of ether oxygens (including phenoxy) is 2. The minimum absolute atomic E-state index is 0.0302. The molecule has 1 aromatic rings. The molecule has 1 aromatic carbocycles. The first-order valence-electron chi connectivity index (χ1n) is 8.25. The van der Waals surface area contributed by atoms with E-state index in [-0.39, 0.29) is 24.1 Å². The Morgan fingerprint density at radius 3 is 2.74 bits per heavy atom. The van der Waals surface area contributed by atoms with Crippen LogP contribution in [0.3, 0.4) is 0 Å². The summed E-state index contributed by atoms with van der Waals surface area (Å²) in [6.45, 7) is 3.85. The SMILES string of the molecule is CCC1CC(CCC[C@H](C)O)OC(c2cc(C#N)ccc2O)O1. The van der Waals surface area contributed by atoms with Crippen LogP contribution in [0.25, 0.3) is 0 Å². The summed E-state index contributed by atoms with van der Waals surface area (Å²) in [4.78, 5) is 0. The normalized spacial score (nSPS) is 25.7. The van der Waals surface area contributed by atoms with Crippen molar-refractivity contribution in [1.29, 1.82) is 5.26 Å². The Hall–Kier alpha value is -1.61. The van der Waals surface area contributed by atoms with Gasteiger partial charge in [0.15, 0.2) is 6.29 Å². The van der Waals surface area contributed by atoms with E-state index < -0.39 is 6.29 Å². The van der Waals surface area contributed by atoms with Crippen LogP contribution in [0.1, 0.15) is 63.4 Å². The lowest BCUT2D eigenvalue weighted by molar-refractivity contribution is -0.249. The fourth-order valence-electron chi connectivity index (χ4n) is 2.84. The molecule has 5 heteroatoms. The van der Waals surface area contributed by atoms with Gasteiger partial charge in [-0.05, 0) is 50.8 Å². The number of nitriles is 1. The van der Waals surface area contributed by atoms with Crippen molar-refractivity contribution in [3.8, 4) is 11.8 Å². The molecule has 1 fully saturated rings. The molecule has 0 aliphatic carbocycles. The van der Waals surface area contributed by atoms with Crippen molar-refractivity contribution < 1.29 is 19.7 Å². The zero-order valence-corrected chi connectivity index (χ0v) is 13.7. The molecular weight excluding hydrogens is 294 g/mol. The Labute approximate surface area is 137 Å². The third-order valence-electron chi connectivity index (χ3n) is 4.17. The summed E-state index contributed by atoms with van der Waals surface area (Å²) in [6.07, 6.45) is 3.30. The van der Waals surface area contributed by atoms with Crippen LogP contribution >= 0.6 is 0 Å². The third-order valence-corrected chi connectivity index (χ3v) is 4.17. The minimum atomic E-state index is -0.654. The second kappa shape index (κ2) is 8.30. The molecule has 0 bridgehead atoms. The van der Waals surface area contributed by atoms with Gasteiger partial charge in [-0.25, -0.2) is 0 Å². The van der Waals surface area contributed by atoms with Crippen molar-refractivity contribution in [3.05, 3.63) is 29.3 Å². The number of aliphatic hydroxyl groups excluding tert-OH is 1. The molecule has 3 unspecified atom stereocenters. The first-order chi connectivity index (χ1) is 11.0. The summed E-state index contributed by atoms with van der Waals surface area (Å²) in [5, 5.41) is 28.5. The molecule has 126 valence electrons. The van der Waals surface area contributed by atoms with E-state index in [1.54, 1.807) is 19.1 Å². The minimum Gasteiger partial charge on any atom is -0.507 e. The maximum Gasteiger partial charge on any atom is 0.188 e. The number of phenolic OH excluding ortho intramolecular Hbond substituents is 1. The molecule has 0 aromatic heterocycles. The summed E-state index contributed by atoms with van der Waals surface area (Å²) in [5.41, 5.74) is 0.969. The average molecular weight is 319 g/mol. The highest BCUT2D eigenvalue weighted by Gasteiger charge is 2.31. The van der Waals surface area contributed by atoms with Crippen LogP contribution in [0.4, 0.5) is 0 Å². The maximum absolute atomic E-state index is 10.1. The van der Waals surface area contributed by atoms with Gasteiger partial charge in [0.2, 0.25) is 0 Å². The van der Waals surface area contributed by atoms with E-state index in [4.69, 9.17) is 14.7 Å². The summed E-state index contributed by atoms with van der Waals surface area (Å²) < 4.78 is 11.9. The number of rotatable bonds is 6. The smallest absolute Gasteiger partial charge is 0.188 e. The highest BCUT2D eigenvalue weighted by atomic mass is 16.7. The summed E-state index contributed by atoms with van der Waals surface area (Å²) in [6, 6.07) is 6.75. The second-order valence-corrected chi connectivity index (χ2v) is 6.16. The third kappa shape index (κ3) is 4.93. The second-order valence-electron chi connectivity index (χ2n) is 6.16. The van der Waals surface area contributed by atoms with Gasteiger partial charge in [-0.1, -0.05) is 6.92 Å². The first kappa shape index (κ1) is 17.7. The summed E-state index contributed by atoms with van der Waals surface area (Å²) in [5.74, 6) is 0.0773. The zero-order valence-electron chi connectivity index (χ0n) is 13.7. The summed E-state index contributed by atoms with van der Waals surface area (Å²) >= 11 is 0. The van der Waals surface area contributed by atoms with Crippen LogP contribution < -0.4 is 0 Å². The van der Waals surface area contributed by atoms with E-state index in [0.29, 0.717) is 11.1 Å². The molecular formula is C18H25NO4. The lowest BCUT2D eigenvalue weighted by atomic mass is 10.0. The van der Waals surface area contributed by atoms with Gasteiger partial charge < -0.3 is 19.7 Å². The molecule has 2 rings (SSSR count). The van der Waals surface area contributed by atoms with Crippen molar-refractivity contribution in [3.63, 3.8) is 0 Å². The highest BCUT2D eigenvalue weighted by Crippen LogP contribution is 2.37. The molecule has 0 amide bonds. The van der Waals surface area contributed by atoms with Crippen LogP contribution in [0.15, 0.2) is 18.2 Å². The zero-order chi connectivity index (χ0) is 16.8. The van der Waals surface area contributed by atoms with Crippen molar-refractivity contribution >= 4 is 0 Å². The monoisotopic (exact) mass is 319 g/mol. The Morgan fingerprint density at radius 2 is 2.09 bits per heavy atom. The highest BCUT2D eigenvalue weighted by molar-refractivity contribution is 5.42. The first-order valence-corrected chi connectivity index (χ1v) is 8.25. The number of phenols is 1. The predicted octanol–water partition coefficient (Wildman–Crippen LogP) is 3.40. The van der Waals surface area contributed by atoms with E-state index >= 15 is 0 Å². The molecule has 4 atom stereocenters.